The first-order chi connectivity index (χ1) is 15.8. The second-order valence-electron chi connectivity index (χ2n) is 8.60. The molecule has 1 aromatic carbocycles. The van der Waals surface area contributed by atoms with Crippen LogP contribution in [0, 0.1) is 12.3 Å². The summed E-state index contributed by atoms with van der Waals surface area (Å²) in [6.45, 7) is 3.62. The number of nitrogens with zero attached hydrogens (tertiary/aromatic N) is 4. The fourth-order valence-electron chi connectivity index (χ4n) is 4.07. The Balaban J connectivity index is 0.00000324. The van der Waals surface area contributed by atoms with E-state index in [1.54, 1.807) is 44.7 Å². The van der Waals surface area contributed by atoms with Crippen LogP contribution in [-0.4, -0.2) is 65.6 Å². The number of hydrogen-bond donors (Lipinski definition) is 3. The number of amides is 2. The predicted molar refractivity (Wildman–Crippen MR) is 134 cm³/mol. The van der Waals surface area contributed by atoms with E-state index in [0.717, 1.165) is 22.4 Å². The zero-order valence-electron chi connectivity index (χ0n) is 19.5. The maximum Gasteiger partial charge on any atom is 0.414 e. The van der Waals surface area contributed by atoms with Crippen molar-refractivity contribution in [1.82, 2.24) is 19.9 Å². The zero-order chi connectivity index (χ0) is 23.6. The molecule has 0 bridgehead atoms. The number of nitrogens with two attached hydrogens (primary N) is 1. The highest BCUT2D eigenvalue weighted by atomic mass is 35.5. The van der Waals surface area contributed by atoms with Gasteiger partial charge in [-0.3, -0.25) is 4.79 Å². The number of carbonyl (C=O) groups excluding carboxylic acids is 2. The van der Waals surface area contributed by atoms with E-state index in [2.05, 4.69) is 25.2 Å². The Morgan fingerprint density at radius 2 is 1.88 bits per heavy atom. The van der Waals surface area contributed by atoms with Gasteiger partial charge in [-0.15, -0.1) is 12.4 Å². The zero-order valence-corrected chi connectivity index (χ0v) is 20.3. The number of piperidine rings is 1. The molecule has 2 amide bonds. The summed E-state index contributed by atoms with van der Waals surface area (Å²) in [5, 5.41) is 3.99. The number of anilines is 2. The molecule has 1 saturated heterocycles. The molecular formula is C23H30ClN7O3. The summed E-state index contributed by atoms with van der Waals surface area (Å²) < 4.78 is 5.22. The number of ether oxygens (including phenoxy) is 1. The molecule has 1 fully saturated rings. The molecule has 0 spiro atoms. The van der Waals surface area contributed by atoms with Gasteiger partial charge in [-0.05, 0) is 49.6 Å². The number of H-pyrrole nitrogens is 1. The third-order valence-electron chi connectivity index (χ3n) is 6.22. The molecule has 2 aromatic heterocycles. The third-order valence-corrected chi connectivity index (χ3v) is 6.22. The van der Waals surface area contributed by atoms with Crippen molar-refractivity contribution >= 4 is 46.9 Å². The van der Waals surface area contributed by atoms with Gasteiger partial charge in [-0.25, -0.2) is 14.8 Å². The Bertz CT molecular complexity index is 1160. The van der Waals surface area contributed by atoms with Gasteiger partial charge in [0.05, 0.1) is 10.8 Å². The highest BCUT2D eigenvalue weighted by molar-refractivity contribution is 5.96. The number of hydrogen-bond acceptors (Lipinski definition) is 7. The fourth-order valence-corrected chi connectivity index (χ4v) is 4.07. The van der Waals surface area contributed by atoms with E-state index in [-0.39, 0.29) is 24.9 Å². The van der Waals surface area contributed by atoms with Gasteiger partial charge in [0.25, 0.3) is 0 Å². The van der Waals surface area contributed by atoms with E-state index in [1.165, 1.54) is 4.90 Å². The molecule has 0 saturated carbocycles. The summed E-state index contributed by atoms with van der Waals surface area (Å²) in [6, 6.07) is 6.71. The molecule has 3 aromatic rings. The van der Waals surface area contributed by atoms with Gasteiger partial charge < -0.3 is 30.6 Å². The average molecular weight is 488 g/mol. The molecule has 0 unspecified atom stereocenters. The van der Waals surface area contributed by atoms with E-state index >= 15 is 0 Å². The second kappa shape index (κ2) is 10.3. The Hall–Kier alpha value is -3.37. The second-order valence-corrected chi connectivity index (χ2v) is 8.60. The normalized spacial score (nSPS) is 14.9. The number of benzene rings is 1. The van der Waals surface area contributed by atoms with Gasteiger partial charge in [0.1, 0.15) is 23.5 Å². The summed E-state index contributed by atoms with van der Waals surface area (Å²) in [7, 11) is 3.22. The number of carbonyl (C=O) groups is 2. The molecule has 1 aliphatic rings. The van der Waals surface area contributed by atoms with Crippen molar-refractivity contribution in [2.45, 2.75) is 19.8 Å². The van der Waals surface area contributed by atoms with Crippen molar-refractivity contribution in [3.63, 3.8) is 0 Å². The van der Waals surface area contributed by atoms with Crippen LogP contribution in [0.15, 0.2) is 36.8 Å². The smallest absolute Gasteiger partial charge is 0.410 e. The first-order valence-corrected chi connectivity index (χ1v) is 10.9. The van der Waals surface area contributed by atoms with Crippen LogP contribution in [0.2, 0.25) is 0 Å². The van der Waals surface area contributed by atoms with Crippen LogP contribution >= 0.6 is 12.4 Å². The molecular weight excluding hydrogens is 458 g/mol. The number of halogens is 1. The van der Waals surface area contributed by atoms with E-state index in [4.69, 9.17) is 10.5 Å². The Morgan fingerprint density at radius 1 is 1.21 bits per heavy atom. The van der Waals surface area contributed by atoms with E-state index < -0.39 is 11.5 Å². The van der Waals surface area contributed by atoms with Crippen LogP contribution in [-0.2, 0) is 4.79 Å². The van der Waals surface area contributed by atoms with Crippen molar-refractivity contribution < 1.29 is 14.3 Å². The van der Waals surface area contributed by atoms with Crippen molar-refractivity contribution in [3.05, 3.63) is 42.4 Å². The predicted octanol–water partition coefficient (Wildman–Crippen LogP) is 2.93. The Labute approximate surface area is 204 Å². The maximum atomic E-state index is 13.2. The largest absolute Gasteiger partial charge is 0.414 e. The van der Waals surface area contributed by atoms with E-state index in [9.17, 15) is 9.59 Å². The number of nitrogens with one attached hydrogen (secondary N) is 2. The minimum absolute atomic E-state index is 0. The molecule has 4 N–H and O–H groups in total. The number of aryl methyl sites for hydroxylation is 1. The topological polar surface area (TPSA) is 129 Å². The molecule has 10 nitrogen and oxygen atoms in total. The van der Waals surface area contributed by atoms with Crippen molar-refractivity contribution in [3.8, 4) is 5.75 Å². The Morgan fingerprint density at radius 3 is 2.50 bits per heavy atom. The molecule has 4 rings (SSSR count). The fraction of sp³-hybridized carbons (Fsp3) is 0.391. The van der Waals surface area contributed by atoms with Gasteiger partial charge in [-0.2, -0.15) is 0 Å². The monoisotopic (exact) mass is 487 g/mol. The van der Waals surface area contributed by atoms with Gasteiger partial charge in [-0.1, -0.05) is 0 Å². The number of fused-ring (bicyclic) bond motifs is 1. The lowest BCUT2D eigenvalue weighted by Gasteiger charge is -2.40. The van der Waals surface area contributed by atoms with Crippen LogP contribution < -0.4 is 20.7 Å². The lowest BCUT2D eigenvalue weighted by atomic mass is 9.77. The van der Waals surface area contributed by atoms with Gasteiger partial charge in [0, 0.05) is 45.6 Å². The minimum atomic E-state index is -0.661. The lowest BCUT2D eigenvalue weighted by molar-refractivity contribution is -0.126. The summed E-state index contributed by atoms with van der Waals surface area (Å²) >= 11 is 0. The summed E-state index contributed by atoms with van der Waals surface area (Å²) in [5.74, 6) is 1.19. The number of aromatic amines is 1. The first-order valence-electron chi connectivity index (χ1n) is 10.9. The SMILES string of the molecule is Cc1c[nH]c2ncnc(N3CCC(CN)(C(=O)Nc4ccc(OC(=O)N(C)C)cc4)CC3)c12.Cl. The molecule has 0 aliphatic carbocycles. The highest BCUT2D eigenvalue weighted by Gasteiger charge is 2.41. The van der Waals surface area contributed by atoms with Crippen molar-refractivity contribution in [2.24, 2.45) is 11.1 Å². The van der Waals surface area contributed by atoms with E-state index in [1.807, 2.05) is 13.1 Å². The molecule has 34 heavy (non-hydrogen) atoms. The molecule has 11 heteroatoms. The van der Waals surface area contributed by atoms with Gasteiger partial charge in [0.2, 0.25) is 5.91 Å². The minimum Gasteiger partial charge on any atom is -0.410 e. The maximum absolute atomic E-state index is 13.2. The third kappa shape index (κ3) is 4.92. The van der Waals surface area contributed by atoms with E-state index in [0.29, 0.717) is 37.4 Å². The standard InChI is InChI=1S/C23H29N7O3.ClH/c1-15-12-25-19-18(15)20(27-14-26-19)30-10-8-23(13-24,9-11-30)21(31)28-16-4-6-17(7-5-16)33-22(32)29(2)3;/h4-7,12,14H,8-11,13,24H2,1-3H3,(H,28,31)(H,25,26,27);1H. The lowest BCUT2D eigenvalue weighted by Crippen LogP contribution is -2.50. The van der Waals surface area contributed by atoms with Gasteiger partial charge >= 0.3 is 6.09 Å². The molecule has 1 aliphatic heterocycles. The van der Waals surface area contributed by atoms with Gasteiger partial charge in [0.15, 0.2) is 0 Å². The van der Waals surface area contributed by atoms with Crippen LogP contribution in [0.5, 0.6) is 5.75 Å². The van der Waals surface area contributed by atoms with Crippen LogP contribution in [0.4, 0.5) is 16.3 Å². The summed E-state index contributed by atoms with van der Waals surface area (Å²) in [5.41, 5.74) is 7.98. The molecule has 182 valence electrons. The number of rotatable bonds is 5. The molecule has 0 atom stereocenters. The molecule has 3 heterocycles. The summed E-state index contributed by atoms with van der Waals surface area (Å²) in [6.07, 6.45) is 4.25. The molecule has 0 radical (unpaired) electrons. The van der Waals surface area contributed by atoms with Crippen LogP contribution in [0.25, 0.3) is 11.0 Å². The van der Waals surface area contributed by atoms with Crippen LogP contribution in [0.3, 0.4) is 0 Å². The van der Waals surface area contributed by atoms with Crippen molar-refractivity contribution in [1.29, 1.82) is 0 Å². The highest BCUT2D eigenvalue weighted by Crippen LogP contribution is 2.36. The van der Waals surface area contributed by atoms with Crippen molar-refractivity contribution in [2.75, 3.05) is 43.9 Å². The average Bonchev–Trinajstić information content (AvgIpc) is 3.21. The first kappa shape index (κ1) is 25.3. The quantitative estimate of drug-likeness (QED) is 0.504. The van der Waals surface area contributed by atoms with Crippen LogP contribution in [0.1, 0.15) is 18.4 Å². The summed E-state index contributed by atoms with van der Waals surface area (Å²) in [4.78, 5) is 40.4. The number of aromatic nitrogens is 3. The Kier molecular flexibility index (Phi) is 7.63.